The number of phenolic OH excluding ortho intramolecular Hbond substituents is 1. The number of ether oxygens (including phenoxy) is 1. The monoisotopic (exact) mass is 478 g/mol. The molecular weight excluding hydrogens is 440 g/mol. The van der Waals surface area contributed by atoms with Crippen LogP contribution >= 0.6 is 0 Å². The molecule has 6 heteroatoms. The maximum atomic E-state index is 10.7. The van der Waals surface area contributed by atoms with Gasteiger partial charge < -0.3 is 25.6 Å². The van der Waals surface area contributed by atoms with Crippen LogP contribution in [0.3, 0.4) is 0 Å². The van der Waals surface area contributed by atoms with E-state index >= 15 is 0 Å². The van der Waals surface area contributed by atoms with Crippen molar-refractivity contribution in [3.05, 3.63) is 53.6 Å². The molecule has 0 heterocycles. The van der Waals surface area contributed by atoms with Crippen LogP contribution in [-0.4, -0.2) is 36.3 Å². The Hall–Kier alpha value is -2.57. The van der Waals surface area contributed by atoms with Crippen LogP contribution < -0.4 is 15.4 Å². The van der Waals surface area contributed by atoms with Gasteiger partial charge in [0.05, 0.1) is 18.4 Å². The van der Waals surface area contributed by atoms with E-state index in [2.05, 4.69) is 34.9 Å². The molecule has 2 aromatic carbocycles. The van der Waals surface area contributed by atoms with E-state index in [0.29, 0.717) is 23.9 Å². The van der Waals surface area contributed by atoms with E-state index in [-0.39, 0.29) is 11.4 Å². The van der Waals surface area contributed by atoms with Crippen LogP contribution in [0.1, 0.15) is 62.2 Å². The molecule has 188 valence electrons. The smallest absolute Gasteiger partial charge is 0.211 e. The molecule has 4 aliphatic rings. The lowest BCUT2D eigenvalue weighted by Gasteiger charge is -2.57. The van der Waals surface area contributed by atoms with Crippen molar-refractivity contribution in [3.63, 3.8) is 0 Å². The molecule has 4 saturated carbocycles. The van der Waals surface area contributed by atoms with Gasteiger partial charge in [-0.25, -0.2) is 0 Å². The maximum Gasteiger partial charge on any atom is 0.211 e. The lowest BCUT2D eigenvalue weighted by molar-refractivity contribution is -0.105. The number of rotatable bonds is 12. The summed E-state index contributed by atoms with van der Waals surface area (Å²) >= 11 is 0. The number of anilines is 1. The van der Waals surface area contributed by atoms with Gasteiger partial charge in [0.15, 0.2) is 0 Å². The summed E-state index contributed by atoms with van der Waals surface area (Å²) in [5.41, 5.74) is 2.69. The zero-order chi connectivity index (χ0) is 24.3. The SMILES string of the molecule is O=CNc1cc(C(O)CNCCc2cccc(OCCC34CC5CC(CC(C5)C3)C4)c2)ccc1O. The van der Waals surface area contributed by atoms with E-state index in [1.54, 1.807) is 12.1 Å². The van der Waals surface area contributed by atoms with Crippen LogP contribution in [0, 0.1) is 23.2 Å². The van der Waals surface area contributed by atoms with Crippen molar-refractivity contribution in [2.24, 2.45) is 23.2 Å². The Bertz CT molecular complexity index is 988. The average Bonchev–Trinajstić information content (AvgIpc) is 2.82. The Labute approximate surface area is 208 Å². The third-order valence-corrected chi connectivity index (χ3v) is 8.51. The second-order valence-electron chi connectivity index (χ2n) is 11.2. The number of aromatic hydroxyl groups is 1. The van der Waals surface area contributed by atoms with Gasteiger partial charge in [-0.3, -0.25) is 4.79 Å². The third kappa shape index (κ3) is 5.81. The molecule has 1 amide bonds. The van der Waals surface area contributed by atoms with Crippen molar-refractivity contribution in [2.75, 3.05) is 25.0 Å². The number of hydrogen-bond donors (Lipinski definition) is 4. The molecule has 4 bridgehead atoms. The second kappa shape index (κ2) is 10.6. The largest absolute Gasteiger partial charge is 0.506 e. The van der Waals surface area contributed by atoms with Crippen molar-refractivity contribution in [3.8, 4) is 11.5 Å². The first-order valence-corrected chi connectivity index (χ1v) is 13.2. The highest BCUT2D eigenvalue weighted by Gasteiger charge is 2.50. The van der Waals surface area contributed by atoms with Crippen molar-refractivity contribution in [1.82, 2.24) is 5.32 Å². The van der Waals surface area contributed by atoms with Crippen LogP contribution in [0.2, 0.25) is 0 Å². The highest BCUT2D eigenvalue weighted by Crippen LogP contribution is 2.61. The van der Waals surface area contributed by atoms with Gasteiger partial charge in [-0.2, -0.15) is 0 Å². The number of aliphatic hydroxyl groups excluding tert-OH is 1. The summed E-state index contributed by atoms with van der Waals surface area (Å²) < 4.78 is 6.22. The number of hydrogen-bond acceptors (Lipinski definition) is 5. The summed E-state index contributed by atoms with van der Waals surface area (Å²) in [6.45, 7) is 1.92. The Morgan fingerprint density at radius 3 is 2.51 bits per heavy atom. The Morgan fingerprint density at radius 1 is 1.06 bits per heavy atom. The molecule has 0 spiro atoms. The maximum absolute atomic E-state index is 10.7. The highest BCUT2D eigenvalue weighted by atomic mass is 16.5. The minimum absolute atomic E-state index is 0.0268. The predicted molar refractivity (Wildman–Crippen MR) is 136 cm³/mol. The standard InChI is InChI=1S/C29H38N2O4/c32-19-31-26-14-24(4-5-27(26)33)28(34)18-30-8-6-20-2-1-3-25(13-20)35-9-7-29-15-21-10-22(16-29)12-23(11-21)17-29/h1-5,13-14,19,21-23,28,30,33-34H,6-12,15-18H2,(H,31,32). The molecule has 2 aromatic rings. The van der Waals surface area contributed by atoms with Crippen LogP contribution in [-0.2, 0) is 11.2 Å². The van der Waals surface area contributed by atoms with E-state index < -0.39 is 6.10 Å². The lowest BCUT2D eigenvalue weighted by Crippen LogP contribution is -2.46. The van der Waals surface area contributed by atoms with Gasteiger partial charge in [-0.05, 0) is 116 Å². The number of aliphatic hydroxyl groups is 1. The van der Waals surface area contributed by atoms with Crippen LogP contribution in [0.4, 0.5) is 5.69 Å². The molecule has 1 unspecified atom stereocenters. The number of nitrogens with one attached hydrogen (secondary N) is 2. The van der Waals surface area contributed by atoms with Crippen molar-refractivity contribution in [2.45, 2.75) is 57.5 Å². The summed E-state index contributed by atoms with van der Waals surface area (Å²) in [4.78, 5) is 10.7. The molecule has 6 rings (SSSR count). The summed E-state index contributed by atoms with van der Waals surface area (Å²) in [5.74, 6) is 3.88. The van der Waals surface area contributed by atoms with Crippen molar-refractivity contribution >= 4 is 12.1 Å². The molecule has 35 heavy (non-hydrogen) atoms. The van der Waals surface area contributed by atoms with Crippen LogP contribution in [0.25, 0.3) is 0 Å². The first-order valence-electron chi connectivity index (χ1n) is 13.2. The summed E-state index contributed by atoms with van der Waals surface area (Å²) in [7, 11) is 0. The normalized spacial score (nSPS) is 27.5. The molecule has 0 aromatic heterocycles. The minimum Gasteiger partial charge on any atom is -0.506 e. The molecule has 0 saturated heterocycles. The van der Waals surface area contributed by atoms with Gasteiger partial charge in [0.25, 0.3) is 0 Å². The number of amides is 1. The fourth-order valence-corrected chi connectivity index (χ4v) is 7.30. The van der Waals surface area contributed by atoms with Gasteiger partial charge in [-0.15, -0.1) is 0 Å². The topological polar surface area (TPSA) is 90.8 Å². The second-order valence-corrected chi connectivity index (χ2v) is 11.2. The fraction of sp³-hybridized carbons (Fsp3) is 0.552. The zero-order valence-electron chi connectivity index (χ0n) is 20.4. The molecule has 4 N–H and O–H groups in total. The average molecular weight is 479 g/mol. The van der Waals surface area contributed by atoms with Crippen molar-refractivity contribution in [1.29, 1.82) is 0 Å². The predicted octanol–water partition coefficient (Wildman–Crippen LogP) is 4.81. The van der Waals surface area contributed by atoms with Crippen LogP contribution in [0.5, 0.6) is 11.5 Å². The van der Waals surface area contributed by atoms with Gasteiger partial charge in [-0.1, -0.05) is 18.2 Å². The summed E-state index contributed by atoms with van der Waals surface area (Å²) in [6, 6.07) is 13.1. The zero-order valence-corrected chi connectivity index (χ0v) is 20.4. The molecule has 6 nitrogen and oxygen atoms in total. The van der Waals surface area contributed by atoms with Crippen LogP contribution in [0.15, 0.2) is 42.5 Å². The highest BCUT2D eigenvalue weighted by molar-refractivity contribution is 5.75. The molecular formula is C29H38N2O4. The summed E-state index contributed by atoms with van der Waals surface area (Å²) in [5, 5.41) is 25.9. The minimum atomic E-state index is -0.734. The Balaban J connectivity index is 1.05. The number of phenols is 1. The summed E-state index contributed by atoms with van der Waals surface area (Å²) in [6.07, 6.45) is 10.6. The third-order valence-electron chi connectivity index (χ3n) is 8.51. The number of carbonyl (C=O) groups excluding carboxylic acids is 1. The van der Waals surface area contributed by atoms with E-state index in [0.717, 1.165) is 43.1 Å². The molecule has 4 fully saturated rings. The van der Waals surface area contributed by atoms with E-state index in [9.17, 15) is 15.0 Å². The first-order chi connectivity index (χ1) is 17.0. The van der Waals surface area contributed by atoms with Crippen molar-refractivity contribution < 1.29 is 19.7 Å². The van der Waals surface area contributed by atoms with E-state index in [1.165, 1.54) is 56.6 Å². The van der Waals surface area contributed by atoms with Gasteiger partial charge in [0.2, 0.25) is 6.41 Å². The Kier molecular flexibility index (Phi) is 7.30. The van der Waals surface area contributed by atoms with E-state index in [4.69, 9.17) is 4.74 Å². The number of carbonyl (C=O) groups is 1. The first kappa shape index (κ1) is 24.1. The van der Waals surface area contributed by atoms with E-state index in [1.807, 2.05) is 0 Å². The van der Waals surface area contributed by atoms with Gasteiger partial charge in [0, 0.05) is 6.54 Å². The molecule has 0 aliphatic heterocycles. The lowest BCUT2D eigenvalue weighted by atomic mass is 9.49. The number of benzene rings is 2. The Morgan fingerprint density at radius 2 is 1.80 bits per heavy atom. The van der Waals surface area contributed by atoms with Gasteiger partial charge in [0.1, 0.15) is 11.5 Å². The molecule has 4 aliphatic carbocycles. The fourth-order valence-electron chi connectivity index (χ4n) is 7.30. The molecule has 1 atom stereocenters. The quantitative estimate of drug-likeness (QED) is 0.200. The molecule has 0 radical (unpaired) electrons. The van der Waals surface area contributed by atoms with Gasteiger partial charge >= 0.3 is 0 Å².